The molecular weight excluding hydrogens is 391 g/mol. The van der Waals surface area contributed by atoms with E-state index >= 15 is 0 Å². The van der Waals surface area contributed by atoms with Crippen LogP contribution in [0.15, 0.2) is 30.5 Å². The van der Waals surface area contributed by atoms with Crippen molar-refractivity contribution in [3.05, 3.63) is 41.6 Å². The Kier molecular flexibility index (Phi) is 6.44. The summed E-state index contributed by atoms with van der Waals surface area (Å²) in [5, 5.41) is 3.02. The van der Waals surface area contributed by atoms with E-state index in [9.17, 15) is 13.2 Å². The average Bonchev–Trinajstić information content (AvgIpc) is 2.75. The highest BCUT2D eigenvalue weighted by Gasteiger charge is 2.37. The molecule has 0 amide bonds. The van der Waals surface area contributed by atoms with Crippen LogP contribution in [0.25, 0.3) is 0 Å². The van der Waals surface area contributed by atoms with Gasteiger partial charge in [0.2, 0.25) is 11.8 Å². The molecule has 4 nitrogen and oxygen atoms in total. The van der Waals surface area contributed by atoms with E-state index in [1.165, 1.54) is 37.7 Å². The Morgan fingerprint density at radius 2 is 1.50 bits per heavy atom. The summed E-state index contributed by atoms with van der Waals surface area (Å²) >= 11 is 0. The second-order valence-electron chi connectivity index (χ2n) is 8.37. The number of hydrogen-bond donors (Lipinski definition) is 1. The molecule has 2 aliphatic carbocycles. The maximum absolute atomic E-state index is 13.4. The summed E-state index contributed by atoms with van der Waals surface area (Å²) in [6.45, 7) is 0. The Balaban J connectivity index is 1.50. The molecule has 1 aromatic carbocycles. The molecular formula is C23H28F3N3O. The van der Waals surface area contributed by atoms with Crippen LogP contribution in [0.5, 0.6) is 5.88 Å². The predicted molar refractivity (Wildman–Crippen MR) is 110 cm³/mol. The smallest absolute Gasteiger partial charge is 0.423 e. The van der Waals surface area contributed by atoms with Gasteiger partial charge in [0.1, 0.15) is 11.7 Å². The van der Waals surface area contributed by atoms with Gasteiger partial charge in [-0.2, -0.15) is 18.2 Å². The van der Waals surface area contributed by atoms with E-state index in [1.807, 2.05) is 12.1 Å². The molecule has 0 aliphatic heterocycles. The summed E-state index contributed by atoms with van der Waals surface area (Å²) in [6, 6.07) is 8.04. The molecule has 162 valence electrons. The molecule has 0 spiro atoms. The summed E-state index contributed by atoms with van der Waals surface area (Å²) in [7, 11) is 0. The van der Waals surface area contributed by atoms with Crippen LogP contribution in [0.4, 0.5) is 24.8 Å². The molecule has 2 fully saturated rings. The zero-order valence-corrected chi connectivity index (χ0v) is 17.0. The van der Waals surface area contributed by atoms with Crippen molar-refractivity contribution in [2.45, 2.75) is 82.4 Å². The monoisotopic (exact) mass is 419 g/mol. The van der Waals surface area contributed by atoms with Gasteiger partial charge in [-0.25, -0.2) is 4.98 Å². The molecule has 1 aromatic heterocycles. The molecule has 2 aromatic rings. The highest BCUT2D eigenvalue weighted by Crippen LogP contribution is 2.37. The van der Waals surface area contributed by atoms with E-state index in [1.54, 1.807) is 0 Å². The van der Waals surface area contributed by atoms with Gasteiger partial charge in [0.15, 0.2) is 0 Å². The quantitative estimate of drug-likeness (QED) is 0.567. The first-order valence-corrected chi connectivity index (χ1v) is 11.0. The van der Waals surface area contributed by atoms with Crippen LogP contribution in [0.1, 0.15) is 81.3 Å². The normalized spacial score (nSPS) is 18.9. The van der Waals surface area contributed by atoms with Crippen molar-refractivity contribution in [3.63, 3.8) is 0 Å². The first-order valence-electron chi connectivity index (χ1n) is 11.0. The summed E-state index contributed by atoms with van der Waals surface area (Å²) in [4.78, 5) is 7.96. The predicted octanol–water partition coefficient (Wildman–Crippen LogP) is 7.00. The van der Waals surface area contributed by atoms with Crippen LogP contribution in [0, 0.1) is 0 Å². The van der Waals surface area contributed by atoms with Gasteiger partial charge >= 0.3 is 6.18 Å². The van der Waals surface area contributed by atoms with Gasteiger partial charge in [-0.15, -0.1) is 0 Å². The second-order valence-corrected chi connectivity index (χ2v) is 8.37. The number of benzene rings is 1. The summed E-state index contributed by atoms with van der Waals surface area (Å²) in [6.07, 6.45) is 6.87. The molecule has 7 heteroatoms. The van der Waals surface area contributed by atoms with E-state index in [4.69, 9.17) is 4.74 Å². The van der Waals surface area contributed by atoms with E-state index in [0.29, 0.717) is 5.92 Å². The van der Waals surface area contributed by atoms with Crippen LogP contribution in [0.2, 0.25) is 0 Å². The van der Waals surface area contributed by atoms with E-state index in [2.05, 4.69) is 27.4 Å². The Hall–Kier alpha value is -2.31. The van der Waals surface area contributed by atoms with Gasteiger partial charge in [-0.3, -0.25) is 0 Å². The number of aromatic nitrogens is 2. The van der Waals surface area contributed by atoms with Crippen molar-refractivity contribution in [2.75, 3.05) is 5.32 Å². The van der Waals surface area contributed by atoms with E-state index < -0.39 is 11.7 Å². The number of nitrogens with one attached hydrogen (secondary N) is 1. The Bertz CT molecular complexity index is 827. The van der Waals surface area contributed by atoms with Gasteiger partial charge in [0.25, 0.3) is 0 Å². The molecule has 0 atom stereocenters. The zero-order chi connectivity index (χ0) is 21.0. The minimum Gasteiger partial charge on any atom is -0.474 e. The number of hydrogen-bond acceptors (Lipinski definition) is 4. The van der Waals surface area contributed by atoms with Crippen LogP contribution in [-0.2, 0) is 6.18 Å². The Morgan fingerprint density at radius 3 is 2.13 bits per heavy atom. The maximum atomic E-state index is 13.4. The number of anilines is 2. The lowest BCUT2D eigenvalue weighted by atomic mass is 9.84. The van der Waals surface area contributed by atoms with Gasteiger partial charge in [-0.05, 0) is 62.1 Å². The minimum atomic E-state index is -4.55. The standard InChI is InChI=1S/C23H28F3N3O/c24-23(25,26)20-15-27-22(29-21(20)30-19-9-5-2-6-10-19)28-18-13-11-17(12-14-18)16-7-3-1-4-8-16/h11-16,19H,1-10H2,(H,27,28,29). The first kappa shape index (κ1) is 20.9. The van der Waals surface area contributed by atoms with Gasteiger partial charge in [0.05, 0.1) is 0 Å². The van der Waals surface area contributed by atoms with Gasteiger partial charge in [-0.1, -0.05) is 37.8 Å². The van der Waals surface area contributed by atoms with Crippen LogP contribution in [-0.4, -0.2) is 16.1 Å². The Morgan fingerprint density at radius 1 is 0.867 bits per heavy atom. The molecule has 0 radical (unpaired) electrons. The lowest BCUT2D eigenvalue weighted by molar-refractivity contribution is -0.140. The lowest BCUT2D eigenvalue weighted by Crippen LogP contribution is -2.22. The molecule has 2 aliphatic rings. The molecule has 2 saturated carbocycles. The van der Waals surface area contributed by atoms with Crippen LogP contribution < -0.4 is 10.1 Å². The fourth-order valence-electron chi connectivity index (χ4n) is 4.46. The topological polar surface area (TPSA) is 47.0 Å². The van der Waals surface area contributed by atoms with E-state index in [0.717, 1.165) is 44.0 Å². The molecule has 0 bridgehead atoms. The number of ether oxygens (including phenoxy) is 1. The number of halogens is 3. The molecule has 4 rings (SSSR count). The third-order valence-corrected chi connectivity index (χ3v) is 6.13. The molecule has 1 heterocycles. The molecule has 1 N–H and O–H groups in total. The Labute approximate surface area is 175 Å². The van der Waals surface area contributed by atoms with Gasteiger partial charge < -0.3 is 10.1 Å². The van der Waals surface area contributed by atoms with Crippen molar-refractivity contribution in [1.82, 2.24) is 9.97 Å². The van der Waals surface area contributed by atoms with Crippen molar-refractivity contribution in [1.29, 1.82) is 0 Å². The van der Waals surface area contributed by atoms with Crippen molar-refractivity contribution < 1.29 is 17.9 Å². The highest BCUT2D eigenvalue weighted by atomic mass is 19.4. The van der Waals surface area contributed by atoms with Crippen LogP contribution in [0.3, 0.4) is 0 Å². The average molecular weight is 419 g/mol. The maximum Gasteiger partial charge on any atom is 0.423 e. The highest BCUT2D eigenvalue weighted by molar-refractivity contribution is 5.54. The fourth-order valence-corrected chi connectivity index (χ4v) is 4.46. The van der Waals surface area contributed by atoms with Crippen LogP contribution >= 0.6 is 0 Å². The van der Waals surface area contributed by atoms with Crippen molar-refractivity contribution in [3.8, 4) is 5.88 Å². The minimum absolute atomic E-state index is 0.110. The lowest BCUT2D eigenvalue weighted by Gasteiger charge is -2.24. The summed E-state index contributed by atoms with van der Waals surface area (Å²) in [5.41, 5.74) is 1.14. The van der Waals surface area contributed by atoms with Crippen molar-refractivity contribution >= 4 is 11.6 Å². The second kappa shape index (κ2) is 9.23. The van der Waals surface area contributed by atoms with Crippen molar-refractivity contribution in [2.24, 2.45) is 0 Å². The fraction of sp³-hybridized carbons (Fsp3) is 0.565. The third kappa shape index (κ3) is 5.24. The summed E-state index contributed by atoms with van der Waals surface area (Å²) in [5.74, 6) is 0.329. The number of nitrogens with zero attached hydrogens (tertiary/aromatic N) is 2. The molecule has 0 saturated heterocycles. The SMILES string of the molecule is FC(F)(F)c1cnc(Nc2ccc(C3CCCCC3)cc2)nc1OC1CCCCC1. The largest absolute Gasteiger partial charge is 0.474 e. The molecule has 30 heavy (non-hydrogen) atoms. The third-order valence-electron chi connectivity index (χ3n) is 6.13. The zero-order valence-electron chi connectivity index (χ0n) is 17.0. The number of alkyl halides is 3. The molecule has 0 unspecified atom stereocenters. The summed E-state index contributed by atoms with van der Waals surface area (Å²) < 4.78 is 45.9. The van der Waals surface area contributed by atoms with Gasteiger partial charge in [0, 0.05) is 11.9 Å². The number of rotatable bonds is 5. The first-order chi connectivity index (χ1) is 14.5. The van der Waals surface area contributed by atoms with E-state index in [-0.39, 0.29) is 17.9 Å².